The van der Waals surface area contributed by atoms with Gasteiger partial charge in [0.25, 0.3) is 0 Å². The number of hydrogen-bond acceptors (Lipinski definition) is 2. The number of hydrogen-bond donors (Lipinski definition) is 0. The zero-order valence-corrected chi connectivity index (χ0v) is 35.0. The van der Waals surface area contributed by atoms with Crippen LogP contribution in [0.4, 0.5) is 34.1 Å². The number of aryl methyl sites for hydroxylation is 2. The maximum absolute atomic E-state index is 2.58. The highest BCUT2D eigenvalue weighted by molar-refractivity contribution is 6.26. The van der Waals surface area contributed by atoms with Gasteiger partial charge in [-0.05, 0) is 189 Å². The van der Waals surface area contributed by atoms with Crippen LogP contribution in [0.3, 0.4) is 0 Å². The fourth-order valence-electron chi connectivity index (χ4n) is 10.9. The summed E-state index contributed by atoms with van der Waals surface area (Å²) in [6.07, 6.45) is 10.1. The minimum atomic E-state index is 1.13. The number of para-hydroxylation sites is 2. The van der Waals surface area contributed by atoms with E-state index in [4.69, 9.17) is 0 Å². The smallest absolute Gasteiger partial charge is 0.0540 e. The highest BCUT2D eigenvalue weighted by Crippen LogP contribution is 2.46. The molecular weight excluding hydrogens is 749 g/mol. The first-order chi connectivity index (χ1) is 30.8. The normalized spacial score (nSPS) is 13.6. The van der Waals surface area contributed by atoms with Gasteiger partial charge in [0.2, 0.25) is 0 Å². The summed E-state index contributed by atoms with van der Waals surface area (Å²) in [6, 6.07) is 72.2. The minimum Gasteiger partial charge on any atom is -0.310 e. The van der Waals surface area contributed by atoms with Crippen molar-refractivity contribution in [1.29, 1.82) is 0 Å². The van der Waals surface area contributed by atoms with Gasteiger partial charge in [-0.1, -0.05) is 127 Å². The lowest BCUT2D eigenvalue weighted by Gasteiger charge is -2.29. The van der Waals surface area contributed by atoms with Crippen molar-refractivity contribution in [3.8, 4) is 11.1 Å². The molecule has 12 rings (SSSR count). The second-order valence-corrected chi connectivity index (χ2v) is 17.3. The van der Waals surface area contributed by atoms with Gasteiger partial charge in [0.1, 0.15) is 0 Å². The van der Waals surface area contributed by atoms with E-state index in [2.05, 4.69) is 204 Å². The van der Waals surface area contributed by atoms with E-state index in [0.717, 1.165) is 22.7 Å². The quantitative estimate of drug-likeness (QED) is 0.148. The van der Waals surface area contributed by atoms with Crippen molar-refractivity contribution in [3.05, 3.63) is 216 Å². The zero-order chi connectivity index (χ0) is 41.0. The fourth-order valence-corrected chi connectivity index (χ4v) is 10.9. The second kappa shape index (κ2) is 15.4. The molecule has 2 heteroatoms. The SMILES string of the molecule is c1ccc(N(c2ccc(-c3c4c(cc5c3CCCC5)CCCC4)cc2)c2ccc3c4ccc(N(c5ccccc5)c5cccc6ccccc56)cc4c4ccccc4c3c2)cc1. The minimum absolute atomic E-state index is 1.13. The Labute approximate surface area is 364 Å². The summed E-state index contributed by atoms with van der Waals surface area (Å²) in [5.41, 5.74) is 16.3. The lowest BCUT2D eigenvalue weighted by Crippen LogP contribution is -2.13. The van der Waals surface area contributed by atoms with E-state index in [1.54, 1.807) is 27.8 Å². The molecule has 0 aliphatic heterocycles. The Morgan fingerprint density at radius 1 is 0.290 bits per heavy atom. The maximum Gasteiger partial charge on any atom is 0.0540 e. The second-order valence-electron chi connectivity index (χ2n) is 17.3. The molecule has 2 nitrogen and oxygen atoms in total. The summed E-state index contributed by atoms with van der Waals surface area (Å²) in [6.45, 7) is 0. The number of anilines is 6. The third kappa shape index (κ3) is 6.24. The molecule has 10 aromatic rings. The van der Waals surface area contributed by atoms with Crippen molar-refractivity contribution in [1.82, 2.24) is 0 Å². The third-order valence-electron chi connectivity index (χ3n) is 13.7. The van der Waals surface area contributed by atoms with E-state index in [-0.39, 0.29) is 0 Å². The summed E-state index contributed by atoms with van der Waals surface area (Å²) in [5.74, 6) is 0. The molecule has 0 spiro atoms. The van der Waals surface area contributed by atoms with E-state index in [1.165, 1.54) is 111 Å². The van der Waals surface area contributed by atoms with Crippen LogP contribution in [0.5, 0.6) is 0 Å². The molecule has 0 amide bonds. The Balaban J connectivity index is 1.00. The van der Waals surface area contributed by atoms with E-state index in [1.807, 2.05) is 0 Å². The van der Waals surface area contributed by atoms with Gasteiger partial charge in [-0.3, -0.25) is 0 Å². The van der Waals surface area contributed by atoms with E-state index >= 15 is 0 Å². The van der Waals surface area contributed by atoms with Crippen molar-refractivity contribution in [3.63, 3.8) is 0 Å². The van der Waals surface area contributed by atoms with Crippen LogP contribution in [-0.2, 0) is 25.7 Å². The molecule has 298 valence electrons. The van der Waals surface area contributed by atoms with Gasteiger partial charge in [-0.15, -0.1) is 0 Å². The fraction of sp³-hybridized carbons (Fsp3) is 0.133. The van der Waals surface area contributed by atoms with Crippen LogP contribution in [0.1, 0.15) is 47.9 Å². The topological polar surface area (TPSA) is 6.48 Å². The number of fused-ring (bicyclic) bond motifs is 9. The third-order valence-corrected chi connectivity index (χ3v) is 13.7. The molecule has 0 unspecified atom stereocenters. The summed E-state index contributed by atoms with van der Waals surface area (Å²) >= 11 is 0. The summed E-state index contributed by atoms with van der Waals surface area (Å²) in [5, 5.41) is 9.99. The van der Waals surface area contributed by atoms with E-state index in [9.17, 15) is 0 Å². The van der Waals surface area contributed by atoms with Gasteiger partial charge in [0.15, 0.2) is 0 Å². The molecule has 0 fully saturated rings. The number of benzene rings is 10. The highest BCUT2D eigenvalue weighted by atomic mass is 15.1. The van der Waals surface area contributed by atoms with Gasteiger partial charge in [0.05, 0.1) is 5.69 Å². The van der Waals surface area contributed by atoms with E-state index < -0.39 is 0 Å². The highest BCUT2D eigenvalue weighted by Gasteiger charge is 2.24. The average Bonchev–Trinajstić information content (AvgIpc) is 3.34. The Hall–Kier alpha value is -7.16. The Kier molecular flexibility index (Phi) is 9.10. The molecule has 62 heavy (non-hydrogen) atoms. The molecule has 0 N–H and O–H groups in total. The van der Waals surface area contributed by atoms with Crippen molar-refractivity contribution >= 4 is 77.2 Å². The molecule has 2 aliphatic rings. The molecule has 0 bridgehead atoms. The van der Waals surface area contributed by atoms with Crippen LogP contribution in [0.25, 0.3) is 54.2 Å². The molecular formula is C60H48N2. The van der Waals surface area contributed by atoms with Crippen molar-refractivity contribution in [2.75, 3.05) is 9.80 Å². The predicted octanol–water partition coefficient (Wildman–Crippen LogP) is 16.7. The first-order valence-electron chi connectivity index (χ1n) is 22.6. The van der Waals surface area contributed by atoms with Crippen molar-refractivity contribution < 1.29 is 0 Å². The first kappa shape index (κ1) is 36.7. The average molecular weight is 797 g/mol. The van der Waals surface area contributed by atoms with Gasteiger partial charge in [-0.2, -0.15) is 0 Å². The predicted molar refractivity (Wildman–Crippen MR) is 265 cm³/mol. The zero-order valence-electron chi connectivity index (χ0n) is 35.0. The standard InChI is InChI=1S/C60H48N2/c1-3-20-45(21-4-1)61(47-32-30-42(31-33-47)60-51-25-11-8-17-43(51)38-44-18-9-12-26-52(44)60)48-34-36-55-56-37-35-49(40-58(56)54-28-14-13-27-53(54)57(55)39-48)62(46-22-5-2-6-23-46)59-29-15-19-41-16-7-10-24-50(41)59/h1-7,10,13-16,19-24,27-40H,8-9,11-12,17-18,25-26H2. The first-order valence-corrected chi connectivity index (χ1v) is 22.6. The molecule has 0 saturated carbocycles. The Bertz CT molecular complexity index is 3230. The molecule has 0 heterocycles. The summed E-state index contributed by atoms with van der Waals surface area (Å²) in [4.78, 5) is 4.84. The largest absolute Gasteiger partial charge is 0.310 e. The molecule has 0 aromatic heterocycles. The van der Waals surface area contributed by atoms with Crippen LogP contribution in [0.15, 0.2) is 194 Å². The van der Waals surface area contributed by atoms with Gasteiger partial charge < -0.3 is 9.80 Å². The van der Waals surface area contributed by atoms with Crippen molar-refractivity contribution in [2.24, 2.45) is 0 Å². The van der Waals surface area contributed by atoms with Crippen molar-refractivity contribution in [2.45, 2.75) is 51.4 Å². The van der Waals surface area contributed by atoms with Crippen LogP contribution in [0, 0.1) is 0 Å². The van der Waals surface area contributed by atoms with Gasteiger partial charge in [0, 0.05) is 33.8 Å². The lowest BCUT2D eigenvalue weighted by atomic mass is 9.77. The summed E-state index contributed by atoms with van der Waals surface area (Å²) in [7, 11) is 0. The lowest BCUT2D eigenvalue weighted by molar-refractivity contribution is 0.660. The van der Waals surface area contributed by atoms with Crippen LogP contribution >= 0.6 is 0 Å². The molecule has 2 aliphatic carbocycles. The number of rotatable bonds is 7. The molecule has 0 radical (unpaired) electrons. The van der Waals surface area contributed by atoms with E-state index in [0.29, 0.717) is 0 Å². The van der Waals surface area contributed by atoms with Gasteiger partial charge >= 0.3 is 0 Å². The van der Waals surface area contributed by atoms with Crippen LogP contribution in [0.2, 0.25) is 0 Å². The van der Waals surface area contributed by atoms with Crippen LogP contribution < -0.4 is 9.80 Å². The monoisotopic (exact) mass is 796 g/mol. The molecule has 0 saturated heterocycles. The summed E-state index contributed by atoms with van der Waals surface area (Å²) < 4.78 is 0. The van der Waals surface area contributed by atoms with Crippen LogP contribution in [-0.4, -0.2) is 0 Å². The molecule has 0 atom stereocenters. The number of nitrogens with zero attached hydrogens (tertiary/aromatic N) is 2. The van der Waals surface area contributed by atoms with Gasteiger partial charge in [-0.25, -0.2) is 0 Å². The Morgan fingerprint density at radius 3 is 1.35 bits per heavy atom. The molecule has 10 aromatic carbocycles. The maximum atomic E-state index is 2.58. The Morgan fingerprint density at radius 2 is 0.742 bits per heavy atom.